The van der Waals surface area contributed by atoms with E-state index in [0.717, 1.165) is 18.4 Å². The van der Waals surface area contributed by atoms with Crippen molar-refractivity contribution in [2.45, 2.75) is 46.6 Å². The van der Waals surface area contributed by atoms with Crippen LogP contribution in [-0.4, -0.2) is 18.5 Å². The normalized spacial score (nSPS) is 33.8. The molecule has 2 aliphatic rings. The van der Waals surface area contributed by atoms with E-state index in [4.69, 9.17) is 0 Å². The average Bonchev–Trinajstić information content (AvgIpc) is 2.74. The smallest absolute Gasteiger partial charge is 0.0230 e. The third-order valence-electron chi connectivity index (χ3n) is 6.87. The monoisotopic (exact) mass is 397 g/mol. The molecule has 2 heteroatoms. The molecule has 0 saturated heterocycles. The van der Waals surface area contributed by atoms with Gasteiger partial charge in [-0.05, 0) is 89.3 Å². The van der Waals surface area contributed by atoms with Gasteiger partial charge >= 0.3 is 0 Å². The summed E-state index contributed by atoms with van der Waals surface area (Å²) in [6.07, 6.45) is 4.34. The third kappa shape index (κ3) is 2.67. The van der Waals surface area contributed by atoms with Crippen molar-refractivity contribution >= 4 is 22.6 Å². The first kappa shape index (κ1) is 15.8. The molecule has 0 radical (unpaired) electrons. The molecule has 1 unspecified atom stereocenters. The zero-order chi connectivity index (χ0) is 15.3. The van der Waals surface area contributed by atoms with Crippen LogP contribution >= 0.6 is 22.6 Å². The minimum absolute atomic E-state index is 0.543. The lowest BCUT2D eigenvalue weighted by atomic mass is 9.66. The van der Waals surface area contributed by atoms with Crippen molar-refractivity contribution in [2.75, 3.05) is 13.6 Å². The van der Waals surface area contributed by atoms with E-state index in [1.54, 1.807) is 0 Å². The fourth-order valence-electron chi connectivity index (χ4n) is 4.99. The lowest BCUT2D eigenvalue weighted by Crippen LogP contribution is -2.38. The van der Waals surface area contributed by atoms with Crippen molar-refractivity contribution in [2.24, 2.45) is 22.7 Å². The number of fused-ring (bicyclic) bond motifs is 2. The summed E-state index contributed by atoms with van der Waals surface area (Å²) in [6.45, 7) is 9.92. The highest BCUT2D eigenvalue weighted by Gasteiger charge is 2.60. The van der Waals surface area contributed by atoms with Crippen LogP contribution in [0.2, 0.25) is 0 Å². The minimum Gasteiger partial charge on any atom is -0.302 e. The first-order valence-corrected chi connectivity index (χ1v) is 9.34. The molecule has 3 atom stereocenters. The van der Waals surface area contributed by atoms with Gasteiger partial charge in [-0.3, -0.25) is 0 Å². The maximum Gasteiger partial charge on any atom is 0.0230 e. The summed E-state index contributed by atoms with van der Waals surface area (Å²) in [5.41, 5.74) is 2.53. The predicted molar refractivity (Wildman–Crippen MR) is 98.2 cm³/mol. The van der Waals surface area contributed by atoms with Crippen LogP contribution in [0.15, 0.2) is 24.3 Å². The van der Waals surface area contributed by atoms with Crippen LogP contribution in [0.3, 0.4) is 0 Å². The molecule has 0 N–H and O–H groups in total. The number of hydrogen-bond acceptors (Lipinski definition) is 1. The quantitative estimate of drug-likeness (QED) is 0.633. The molecule has 0 aliphatic heterocycles. The van der Waals surface area contributed by atoms with Crippen LogP contribution < -0.4 is 0 Å². The van der Waals surface area contributed by atoms with Crippen LogP contribution in [-0.2, 0) is 6.54 Å². The molecule has 2 fully saturated rings. The molecule has 0 spiro atoms. The van der Waals surface area contributed by atoms with E-state index in [0.29, 0.717) is 10.8 Å². The van der Waals surface area contributed by atoms with E-state index < -0.39 is 0 Å². The average molecular weight is 397 g/mol. The second-order valence-corrected chi connectivity index (χ2v) is 9.38. The molecule has 1 aromatic carbocycles. The van der Waals surface area contributed by atoms with Gasteiger partial charge in [-0.2, -0.15) is 0 Å². The first-order chi connectivity index (χ1) is 9.83. The molecular weight excluding hydrogens is 369 g/mol. The summed E-state index contributed by atoms with van der Waals surface area (Å²) >= 11 is 2.37. The molecule has 116 valence electrons. The first-order valence-electron chi connectivity index (χ1n) is 8.26. The Bertz CT molecular complexity index is 507. The van der Waals surface area contributed by atoms with Gasteiger partial charge in [0.05, 0.1) is 0 Å². The Morgan fingerprint density at radius 3 is 2.38 bits per heavy atom. The molecule has 1 aromatic rings. The molecule has 21 heavy (non-hydrogen) atoms. The maximum absolute atomic E-state index is 2.56. The van der Waals surface area contributed by atoms with Gasteiger partial charge < -0.3 is 4.90 Å². The zero-order valence-electron chi connectivity index (χ0n) is 13.8. The molecule has 0 aromatic heterocycles. The van der Waals surface area contributed by atoms with E-state index in [-0.39, 0.29) is 0 Å². The van der Waals surface area contributed by atoms with Gasteiger partial charge in [-0.15, -0.1) is 0 Å². The fourth-order valence-corrected chi connectivity index (χ4v) is 5.35. The van der Waals surface area contributed by atoms with Crippen LogP contribution in [0.1, 0.15) is 45.6 Å². The Morgan fingerprint density at radius 1 is 1.19 bits per heavy atom. The van der Waals surface area contributed by atoms with E-state index in [1.807, 2.05) is 0 Å². The van der Waals surface area contributed by atoms with Gasteiger partial charge in [-0.25, -0.2) is 0 Å². The number of rotatable bonds is 4. The minimum atomic E-state index is 0.543. The van der Waals surface area contributed by atoms with Gasteiger partial charge in [0.2, 0.25) is 0 Å². The van der Waals surface area contributed by atoms with Gasteiger partial charge in [0.25, 0.3) is 0 Å². The third-order valence-corrected chi connectivity index (χ3v) is 7.59. The number of halogens is 1. The number of nitrogens with zero attached hydrogens (tertiary/aromatic N) is 1. The van der Waals surface area contributed by atoms with Crippen LogP contribution in [0.5, 0.6) is 0 Å². The molecule has 0 heterocycles. The highest BCUT2D eigenvalue weighted by atomic mass is 127. The SMILES string of the molecule is CN(Cc1ccc(I)cc1)CC1C[C@H]2CC[C@]1(C)C2(C)C. The Kier molecular flexibility index (Phi) is 4.15. The second-order valence-electron chi connectivity index (χ2n) is 8.13. The van der Waals surface area contributed by atoms with E-state index in [2.05, 4.69) is 79.6 Å². The molecule has 3 rings (SSSR count). The van der Waals surface area contributed by atoms with Gasteiger partial charge in [0.15, 0.2) is 0 Å². The van der Waals surface area contributed by atoms with Crippen LogP contribution in [0.25, 0.3) is 0 Å². The Morgan fingerprint density at radius 2 is 1.86 bits per heavy atom. The summed E-state index contributed by atoms with van der Waals surface area (Å²) in [5.74, 6) is 1.83. The summed E-state index contributed by atoms with van der Waals surface area (Å²) in [6, 6.07) is 8.97. The molecule has 2 bridgehead atoms. The molecule has 0 amide bonds. The Hall–Kier alpha value is -0.0900. The zero-order valence-corrected chi connectivity index (χ0v) is 16.0. The van der Waals surface area contributed by atoms with Crippen molar-refractivity contribution in [1.29, 1.82) is 0 Å². The van der Waals surface area contributed by atoms with Crippen molar-refractivity contribution < 1.29 is 0 Å². The van der Waals surface area contributed by atoms with Gasteiger partial charge in [0.1, 0.15) is 0 Å². The molecular formula is C19H28IN. The van der Waals surface area contributed by atoms with E-state index in [9.17, 15) is 0 Å². The summed E-state index contributed by atoms with van der Waals surface area (Å²) in [4.78, 5) is 2.54. The van der Waals surface area contributed by atoms with Crippen molar-refractivity contribution in [3.63, 3.8) is 0 Å². The highest BCUT2D eigenvalue weighted by molar-refractivity contribution is 14.1. The van der Waals surface area contributed by atoms with E-state index in [1.165, 1.54) is 34.9 Å². The van der Waals surface area contributed by atoms with Crippen LogP contribution in [0.4, 0.5) is 0 Å². The summed E-state index contributed by atoms with van der Waals surface area (Å²) in [5, 5.41) is 0. The lowest BCUT2D eigenvalue weighted by Gasteiger charge is -2.40. The Labute approximate surface area is 143 Å². The lowest BCUT2D eigenvalue weighted by molar-refractivity contribution is 0.0793. The summed E-state index contributed by atoms with van der Waals surface area (Å²) in [7, 11) is 2.29. The van der Waals surface area contributed by atoms with Gasteiger partial charge in [0, 0.05) is 16.7 Å². The molecule has 1 nitrogen and oxygen atoms in total. The van der Waals surface area contributed by atoms with E-state index >= 15 is 0 Å². The number of hydrogen-bond donors (Lipinski definition) is 0. The van der Waals surface area contributed by atoms with Gasteiger partial charge in [-0.1, -0.05) is 32.9 Å². The molecule has 2 aliphatic carbocycles. The largest absolute Gasteiger partial charge is 0.302 e. The summed E-state index contributed by atoms with van der Waals surface area (Å²) < 4.78 is 1.32. The predicted octanol–water partition coefficient (Wildman–Crippen LogP) is 5.19. The van der Waals surface area contributed by atoms with Crippen molar-refractivity contribution in [3.8, 4) is 0 Å². The highest BCUT2D eigenvalue weighted by Crippen LogP contribution is 2.68. The Balaban J connectivity index is 1.64. The standard InChI is InChI=1S/C19H28IN/c1-18(2)15-9-10-19(18,3)16(11-15)13-21(4)12-14-5-7-17(20)8-6-14/h5-8,15-16H,9-13H2,1-4H3/t15-,16?,19+/m1/s1. The van der Waals surface area contributed by atoms with Crippen molar-refractivity contribution in [1.82, 2.24) is 4.90 Å². The van der Waals surface area contributed by atoms with Crippen LogP contribution in [0, 0.1) is 26.2 Å². The van der Waals surface area contributed by atoms with Crippen molar-refractivity contribution in [3.05, 3.63) is 33.4 Å². The number of benzene rings is 1. The maximum atomic E-state index is 2.56. The fraction of sp³-hybridized carbons (Fsp3) is 0.684. The second kappa shape index (κ2) is 5.52. The topological polar surface area (TPSA) is 3.24 Å². The molecule has 2 saturated carbocycles.